The number of pyridine rings is 3. The first-order valence-corrected chi connectivity index (χ1v) is 16.3. The number of hydrogen-bond donors (Lipinski definition) is 2. The highest BCUT2D eigenvalue weighted by Crippen LogP contribution is 2.33. The van der Waals surface area contributed by atoms with Gasteiger partial charge in [0.05, 0.1) is 34.8 Å². The van der Waals surface area contributed by atoms with Gasteiger partial charge in [-0.2, -0.15) is 5.10 Å². The number of H-pyrrole nitrogens is 2. The molecule has 0 radical (unpaired) electrons. The summed E-state index contributed by atoms with van der Waals surface area (Å²) < 4.78 is 26.8. The smallest absolute Gasteiger partial charge is 0.159 e. The van der Waals surface area contributed by atoms with Gasteiger partial charge >= 0.3 is 0 Å². The lowest BCUT2D eigenvalue weighted by Crippen LogP contribution is -2.25. The van der Waals surface area contributed by atoms with Gasteiger partial charge in [-0.05, 0) is 82.2 Å². The molecule has 47 heavy (non-hydrogen) atoms. The van der Waals surface area contributed by atoms with Crippen molar-refractivity contribution in [2.75, 3.05) is 52.5 Å². The second-order valence-electron chi connectivity index (χ2n) is 12.2. The Morgan fingerprint density at radius 1 is 0.745 bits per heavy atom. The molecule has 2 fully saturated rings. The first kappa shape index (κ1) is 29.5. The summed E-state index contributed by atoms with van der Waals surface area (Å²) in [7, 11) is 0. The second-order valence-corrected chi connectivity index (χ2v) is 12.2. The fraction of sp³-hybridized carbons (Fsp3) is 0.343. The molecule has 0 aliphatic carbocycles. The average molecular weight is 634 g/mol. The van der Waals surface area contributed by atoms with Gasteiger partial charge < -0.3 is 14.5 Å². The molecule has 11 nitrogen and oxygen atoms in total. The number of imidazole rings is 1. The van der Waals surface area contributed by atoms with E-state index < -0.39 is 0 Å². The minimum atomic E-state index is -0.387. The molecule has 2 N–H and O–H groups in total. The van der Waals surface area contributed by atoms with Crippen molar-refractivity contribution >= 4 is 21.9 Å². The molecule has 0 unspecified atom stereocenters. The van der Waals surface area contributed by atoms with Gasteiger partial charge in [0.1, 0.15) is 41.7 Å². The molecule has 0 atom stereocenters. The number of halogens is 1. The van der Waals surface area contributed by atoms with Crippen molar-refractivity contribution in [3.8, 4) is 45.5 Å². The maximum Gasteiger partial charge on any atom is 0.159 e. The van der Waals surface area contributed by atoms with Crippen LogP contribution in [0.2, 0.25) is 0 Å². The Bertz CT molecular complexity index is 2010. The molecule has 240 valence electrons. The highest BCUT2D eigenvalue weighted by Gasteiger charge is 2.19. The van der Waals surface area contributed by atoms with Crippen LogP contribution in [0.4, 0.5) is 4.39 Å². The Hall–Kier alpha value is -4.94. The van der Waals surface area contributed by atoms with E-state index in [1.165, 1.54) is 37.8 Å². The van der Waals surface area contributed by atoms with E-state index in [0.717, 1.165) is 66.9 Å². The highest BCUT2D eigenvalue weighted by atomic mass is 19.1. The van der Waals surface area contributed by atoms with Crippen LogP contribution in [0.25, 0.3) is 56.0 Å². The largest absolute Gasteiger partial charge is 0.492 e. The van der Waals surface area contributed by atoms with Crippen molar-refractivity contribution in [1.82, 2.24) is 44.9 Å². The zero-order valence-electron chi connectivity index (χ0n) is 26.1. The molecule has 0 bridgehead atoms. The van der Waals surface area contributed by atoms with E-state index in [1.54, 1.807) is 24.8 Å². The number of nitrogens with one attached hydrogen (secondary N) is 2. The molecule has 2 aliphatic rings. The van der Waals surface area contributed by atoms with Crippen LogP contribution in [0.5, 0.6) is 11.5 Å². The summed E-state index contributed by atoms with van der Waals surface area (Å²) >= 11 is 0. The number of likely N-dealkylation sites (tertiary alicyclic amines) is 2. The lowest BCUT2D eigenvalue weighted by atomic mass is 10.1. The maximum absolute atomic E-state index is 14.8. The number of fused-ring (bicyclic) bond motifs is 2. The van der Waals surface area contributed by atoms with E-state index >= 15 is 0 Å². The third-order valence-electron chi connectivity index (χ3n) is 8.98. The van der Waals surface area contributed by atoms with Crippen LogP contribution < -0.4 is 9.47 Å². The minimum absolute atomic E-state index is 0.387. The highest BCUT2D eigenvalue weighted by molar-refractivity contribution is 5.97. The third kappa shape index (κ3) is 6.38. The van der Waals surface area contributed by atoms with E-state index in [0.29, 0.717) is 53.0 Å². The van der Waals surface area contributed by atoms with E-state index in [-0.39, 0.29) is 5.82 Å². The molecule has 0 amide bonds. The SMILES string of the molecule is Fc1cc(OCCN2CCCC2)cc(-c2nccc3[nH]c(-c4n[nH]c5cnc(-c6cncc(OCCN7CCCC7)c6)cc45)nc23)c1. The second kappa shape index (κ2) is 13.0. The van der Waals surface area contributed by atoms with Gasteiger partial charge in [-0.15, -0.1) is 0 Å². The van der Waals surface area contributed by atoms with Crippen molar-refractivity contribution in [2.24, 2.45) is 0 Å². The van der Waals surface area contributed by atoms with Crippen LogP contribution in [-0.4, -0.2) is 97.4 Å². The Morgan fingerprint density at radius 3 is 2.28 bits per heavy atom. The van der Waals surface area contributed by atoms with Gasteiger partial charge in [0, 0.05) is 48.1 Å². The molecule has 12 heteroatoms. The average Bonchev–Trinajstić information content (AvgIpc) is 3.91. The van der Waals surface area contributed by atoms with Crippen molar-refractivity contribution in [2.45, 2.75) is 25.7 Å². The zero-order chi connectivity index (χ0) is 31.6. The predicted octanol–water partition coefficient (Wildman–Crippen LogP) is 5.71. The van der Waals surface area contributed by atoms with Crippen molar-refractivity contribution in [3.63, 3.8) is 0 Å². The van der Waals surface area contributed by atoms with Crippen LogP contribution in [0.15, 0.2) is 61.2 Å². The third-order valence-corrected chi connectivity index (χ3v) is 8.98. The summed E-state index contributed by atoms with van der Waals surface area (Å²) in [5.74, 6) is 1.36. The molecular formula is C35H36FN9O2. The number of hydrogen-bond acceptors (Lipinski definition) is 9. The van der Waals surface area contributed by atoms with Gasteiger partial charge in [0.15, 0.2) is 5.82 Å². The summed E-state index contributed by atoms with van der Waals surface area (Å²) in [5, 5.41) is 8.50. The molecule has 0 spiro atoms. The Morgan fingerprint density at radius 2 is 1.49 bits per heavy atom. The van der Waals surface area contributed by atoms with Gasteiger partial charge in [0.2, 0.25) is 0 Å². The van der Waals surface area contributed by atoms with E-state index in [2.05, 4.69) is 39.9 Å². The first-order chi connectivity index (χ1) is 23.2. The molecule has 2 saturated heterocycles. The standard InChI is InChI=1S/C35H36FN9O2/c36-25-15-23(16-26(18-25)46-13-11-44-7-1-2-8-44)32-34-29(5-6-38-32)40-35(41-34)33-28-19-30(39-22-31(28)42-43-33)24-17-27(21-37-20-24)47-14-12-45-9-3-4-10-45/h5-6,15-22H,1-4,7-14H2,(H,40,41)(H,42,43). The monoisotopic (exact) mass is 633 g/mol. The normalized spacial score (nSPS) is 15.7. The Balaban J connectivity index is 1.05. The Labute approximate surface area is 271 Å². The predicted molar refractivity (Wildman–Crippen MR) is 178 cm³/mol. The first-order valence-electron chi connectivity index (χ1n) is 16.3. The summed E-state index contributed by atoms with van der Waals surface area (Å²) in [6.07, 6.45) is 11.9. The summed E-state index contributed by atoms with van der Waals surface area (Å²) in [6, 6.07) is 10.5. The quantitative estimate of drug-likeness (QED) is 0.185. The number of aromatic amines is 2. The number of rotatable bonds is 11. The summed E-state index contributed by atoms with van der Waals surface area (Å²) in [6.45, 7) is 7.32. The van der Waals surface area contributed by atoms with E-state index in [9.17, 15) is 4.39 Å². The van der Waals surface area contributed by atoms with E-state index in [4.69, 9.17) is 14.5 Å². The van der Waals surface area contributed by atoms with Crippen LogP contribution >= 0.6 is 0 Å². The van der Waals surface area contributed by atoms with Crippen LogP contribution in [0.1, 0.15) is 25.7 Å². The molecule has 6 aromatic rings. The van der Waals surface area contributed by atoms with Crippen molar-refractivity contribution in [3.05, 3.63) is 67.0 Å². The molecular weight excluding hydrogens is 597 g/mol. The van der Waals surface area contributed by atoms with E-state index in [1.807, 2.05) is 24.3 Å². The zero-order valence-corrected chi connectivity index (χ0v) is 26.1. The van der Waals surface area contributed by atoms with Crippen LogP contribution in [0, 0.1) is 5.82 Å². The molecule has 8 rings (SSSR count). The van der Waals surface area contributed by atoms with Gasteiger partial charge in [0.25, 0.3) is 0 Å². The number of ether oxygens (including phenoxy) is 2. The van der Waals surface area contributed by atoms with Crippen LogP contribution in [-0.2, 0) is 0 Å². The number of aromatic nitrogens is 7. The van der Waals surface area contributed by atoms with Crippen molar-refractivity contribution in [1.29, 1.82) is 0 Å². The Kier molecular flexibility index (Phi) is 8.18. The summed E-state index contributed by atoms with van der Waals surface area (Å²) in [4.78, 5) is 26.7. The lowest BCUT2D eigenvalue weighted by molar-refractivity contribution is 0.237. The van der Waals surface area contributed by atoms with Gasteiger partial charge in [-0.1, -0.05) is 0 Å². The molecule has 7 heterocycles. The molecule has 5 aromatic heterocycles. The summed E-state index contributed by atoms with van der Waals surface area (Å²) in [5.41, 5.74) is 5.54. The lowest BCUT2D eigenvalue weighted by Gasteiger charge is -2.15. The molecule has 2 aliphatic heterocycles. The number of benzene rings is 1. The fourth-order valence-electron chi connectivity index (χ4n) is 6.53. The minimum Gasteiger partial charge on any atom is -0.492 e. The topological polar surface area (TPSA) is 121 Å². The maximum atomic E-state index is 14.8. The van der Waals surface area contributed by atoms with Gasteiger partial charge in [-0.25, -0.2) is 9.37 Å². The van der Waals surface area contributed by atoms with Crippen molar-refractivity contribution < 1.29 is 13.9 Å². The number of nitrogens with zero attached hydrogens (tertiary/aromatic N) is 7. The molecule has 0 saturated carbocycles. The van der Waals surface area contributed by atoms with Crippen LogP contribution in [0.3, 0.4) is 0 Å². The fourth-order valence-corrected chi connectivity index (χ4v) is 6.53. The van der Waals surface area contributed by atoms with Gasteiger partial charge in [-0.3, -0.25) is 29.9 Å². The molecule has 1 aromatic carbocycles.